The summed E-state index contributed by atoms with van der Waals surface area (Å²) in [6.45, 7) is 1.54. The third kappa shape index (κ3) is 1.87. The number of furan rings is 1. The minimum Gasteiger partial charge on any atom is -0.480 e. The minimum atomic E-state index is -0.956. The van der Waals surface area contributed by atoms with Gasteiger partial charge in [-0.05, 0) is 19.1 Å². The Morgan fingerprint density at radius 1 is 1.37 bits per heavy atom. The Hall–Kier alpha value is -2.63. The van der Waals surface area contributed by atoms with E-state index in [1.54, 1.807) is 6.92 Å². The Bertz CT molecular complexity index is 766. The Labute approximate surface area is 108 Å². The summed E-state index contributed by atoms with van der Waals surface area (Å²) in [6.07, 6.45) is 1.39. The zero-order valence-corrected chi connectivity index (χ0v) is 10.1. The van der Waals surface area contributed by atoms with E-state index in [1.807, 2.05) is 24.3 Å². The maximum absolute atomic E-state index is 10.9. The molecule has 19 heavy (non-hydrogen) atoms. The van der Waals surface area contributed by atoms with Gasteiger partial charge in [0.2, 0.25) is 0 Å². The van der Waals surface area contributed by atoms with Crippen LogP contribution in [0.25, 0.3) is 22.1 Å². The fourth-order valence-electron chi connectivity index (χ4n) is 1.89. The number of nitrogens with zero attached hydrogens (tertiary/aromatic N) is 2. The molecule has 2 aromatic heterocycles. The second-order valence-corrected chi connectivity index (χ2v) is 4.20. The van der Waals surface area contributed by atoms with Crippen molar-refractivity contribution >= 4 is 33.9 Å². The summed E-state index contributed by atoms with van der Waals surface area (Å²) < 4.78 is 5.68. The zero-order valence-electron chi connectivity index (χ0n) is 10.1. The predicted octanol–water partition coefficient (Wildman–Crippen LogP) is 2.26. The number of rotatable bonds is 3. The highest BCUT2D eigenvalue weighted by Gasteiger charge is 2.17. The van der Waals surface area contributed by atoms with Gasteiger partial charge in [-0.3, -0.25) is 4.79 Å². The van der Waals surface area contributed by atoms with Crippen molar-refractivity contribution < 1.29 is 14.3 Å². The fraction of sp³-hybridized carbons (Fsp3) is 0.154. The SMILES string of the molecule is CC(Nc1ncnc2c1oc1ccccc12)C(=O)O. The third-order valence-corrected chi connectivity index (χ3v) is 2.88. The molecule has 1 aromatic carbocycles. The monoisotopic (exact) mass is 257 g/mol. The first kappa shape index (κ1) is 11.5. The number of aliphatic carboxylic acids is 1. The number of hydrogen-bond acceptors (Lipinski definition) is 5. The number of hydrogen-bond donors (Lipinski definition) is 2. The molecule has 0 aliphatic carbocycles. The number of carbonyl (C=O) groups is 1. The molecule has 0 fully saturated rings. The standard InChI is InChI=1S/C13H11N3O3/c1-7(13(17)18)16-12-11-10(14-6-15-12)8-4-2-3-5-9(8)19-11/h2-7H,1H3,(H,17,18)(H,14,15,16). The van der Waals surface area contributed by atoms with Crippen molar-refractivity contribution in [3.63, 3.8) is 0 Å². The molecule has 3 rings (SSSR count). The van der Waals surface area contributed by atoms with Crippen LogP contribution in [-0.4, -0.2) is 27.1 Å². The highest BCUT2D eigenvalue weighted by Crippen LogP contribution is 2.30. The van der Waals surface area contributed by atoms with Gasteiger partial charge in [0.05, 0.1) is 0 Å². The highest BCUT2D eigenvalue weighted by atomic mass is 16.4. The molecule has 1 unspecified atom stereocenters. The van der Waals surface area contributed by atoms with Gasteiger partial charge in [0.15, 0.2) is 11.4 Å². The lowest BCUT2D eigenvalue weighted by Crippen LogP contribution is -2.25. The minimum absolute atomic E-state index is 0.385. The summed E-state index contributed by atoms with van der Waals surface area (Å²) in [5.74, 6) is -0.570. The predicted molar refractivity (Wildman–Crippen MR) is 70.0 cm³/mol. The highest BCUT2D eigenvalue weighted by molar-refractivity contribution is 6.05. The molecule has 0 aliphatic rings. The second-order valence-electron chi connectivity index (χ2n) is 4.20. The van der Waals surface area contributed by atoms with E-state index in [9.17, 15) is 4.79 Å². The van der Waals surface area contributed by atoms with Crippen LogP contribution in [0, 0.1) is 0 Å². The molecule has 0 saturated carbocycles. The van der Waals surface area contributed by atoms with Crippen molar-refractivity contribution in [3.05, 3.63) is 30.6 Å². The molecule has 96 valence electrons. The molecular weight excluding hydrogens is 246 g/mol. The molecule has 0 spiro atoms. The number of fused-ring (bicyclic) bond motifs is 3. The number of para-hydroxylation sites is 1. The molecular formula is C13H11N3O3. The molecule has 0 radical (unpaired) electrons. The zero-order chi connectivity index (χ0) is 13.4. The lowest BCUT2D eigenvalue weighted by Gasteiger charge is -2.09. The van der Waals surface area contributed by atoms with Gasteiger partial charge in [-0.15, -0.1) is 0 Å². The maximum atomic E-state index is 10.9. The molecule has 2 N–H and O–H groups in total. The fourth-order valence-corrected chi connectivity index (χ4v) is 1.89. The van der Waals surface area contributed by atoms with Crippen LogP contribution in [0.5, 0.6) is 0 Å². The average molecular weight is 257 g/mol. The molecule has 3 aromatic rings. The van der Waals surface area contributed by atoms with Crippen LogP contribution >= 0.6 is 0 Å². The van der Waals surface area contributed by atoms with Gasteiger partial charge in [0.1, 0.15) is 23.5 Å². The number of aromatic nitrogens is 2. The Morgan fingerprint density at radius 2 is 2.16 bits per heavy atom. The van der Waals surface area contributed by atoms with E-state index in [0.717, 1.165) is 5.39 Å². The smallest absolute Gasteiger partial charge is 0.325 e. The van der Waals surface area contributed by atoms with E-state index >= 15 is 0 Å². The first-order valence-electron chi connectivity index (χ1n) is 5.78. The van der Waals surface area contributed by atoms with Crippen LogP contribution in [-0.2, 0) is 4.79 Å². The number of anilines is 1. The number of carboxylic acid groups (broad SMARTS) is 1. The van der Waals surface area contributed by atoms with E-state index in [-0.39, 0.29) is 0 Å². The molecule has 6 nitrogen and oxygen atoms in total. The molecule has 0 bridgehead atoms. The summed E-state index contributed by atoms with van der Waals surface area (Å²) in [4.78, 5) is 19.1. The van der Waals surface area contributed by atoms with Crippen molar-refractivity contribution in [1.29, 1.82) is 0 Å². The summed E-state index contributed by atoms with van der Waals surface area (Å²) in [6, 6.07) is 6.74. The Balaban J connectivity index is 2.18. The number of benzene rings is 1. The normalized spacial score (nSPS) is 12.7. The van der Waals surface area contributed by atoms with E-state index < -0.39 is 12.0 Å². The van der Waals surface area contributed by atoms with Crippen molar-refractivity contribution in [3.8, 4) is 0 Å². The first-order chi connectivity index (χ1) is 9.16. The van der Waals surface area contributed by atoms with Gasteiger partial charge in [0, 0.05) is 5.39 Å². The Morgan fingerprint density at radius 3 is 2.95 bits per heavy atom. The van der Waals surface area contributed by atoms with Crippen LogP contribution in [0.4, 0.5) is 5.82 Å². The second kappa shape index (κ2) is 4.24. The van der Waals surface area contributed by atoms with Gasteiger partial charge >= 0.3 is 5.97 Å². The van der Waals surface area contributed by atoms with Crippen molar-refractivity contribution in [2.75, 3.05) is 5.32 Å². The van der Waals surface area contributed by atoms with Crippen LogP contribution in [0.2, 0.25) is 0 Å². The van der Waals surface area contributed by atoms with Gasteiger partial charge in [0.25, 0.3) is 0 Å². The van der Waals surface area contributed by atoms with Gasteiger partial charge in [-0.25, -0.2) is 9.97 Å². The third-order valence-electron chi connectivity index (χ3n) is 2.88. The number of carboxylic acids is 1. The van der Waals surface area contributed by atoms with E-state index in [1.165, 1.54) is 6.33 Å². The van der Waals surface area contributed by atoms with Gasteiger partial charge in [-0.1, -0.05) is 12.1 Å². The lowest BCUT2D eigenvalue weighted by atomic mass is 10.2. The van der Waals surface area contributed by atoms with E-state index in [2.05, 4.69) is 15.3 Å². The lowest BCUT2D eigenvalue weighted by molar-refractivity contribution is -0.137. The maximum Gasteiger partial charge on any atom is 0.325 e. The van der Waals surface area contributed by atoms with Crippen LogP contribution in [0.1, 0.15) is 6.92 Å². The van der Waals surface area contributed by atoms with Crippen LogP contribution < -0.4 is 5.32 Å². The topological polar surface area (TPSA) is 88.3 Å². The molecule has 0 saturated heterocycles. The van der Waals surface area contributed by atoms with Gasteiger partial charge < -0.3 is 14.8 Å². The molecule has 0 amide bonds. The molecule has 2 heterocycles. The van der Waals surface area contributed by atoms with Crippen LogP contribution in [0.15, 0.2) is 35.0 Å². The van der Waals surface area contributed by atoms with Gasteiger partial charge in [-0.2, -0.15) is 0 Å². The van der Waals surface area contributed by atoms with E-state index in [0.29, 0.717) is 22.5 Å². The molecule has 6 heteroatoms. The summed E-state index contributed by atoms with van der Waals surface area (Å²) in [7, 11) is 0. The quantitative estimate of drug-likeness (QED) is 0.748. The summed E-state index contributed by atoms with van der Waals surface area (Å²) in [5, 5.41) is 12.6. The van der Waals surface area contributed by atoms with E-state index in [4.69, 9.17) is 9.52 Å². The van der Waals surface area contributed by atoms with Crippen molar-refractivity contribution in [1.82, 2.24) is 9.97 Å². The van der Waals surface area contributed by atoms with Crippen molar-refractivity contribution in [2.24, 2.45) is 0 Å². The Kier molecular flexibility index (Phi) is 2.56. The summed E-state index contributed by atoms with van der Waals surface area (Å²) >= 11 is 0. The average Bonchev–Trinajstić information content (AvgIpc) is 2.78. The molecule has 1 atom stereocenters. The van der Waals surface area contributed by atoms with Crippen molar-refractivity contribution in [2.45, 2.75) is 13.0 Å². The summed E-state index contributed by atoms with van der Waals surface area (Å²) in [5.41, 5.74) is 1.84. The number of nitrogens with one attached hydrogen (secondary N) is 1. The first-order valence-corrected chi connectivity index (χ1v) is 5.78. The molecule has 0 aliphatic heterocycles. The largest absolute Gasteiger partial charge is 0.480 e. The van der Waals surface area contributed by atoms with Crippen LogP contribution in [0.3, 0.4) is 0 Å².